The fraction of sp³-hybridized carbons (Fsp3) is 0.286. The van der Waals surface area contributed by atoms with E-state index in [4.69, 9.17) is 0 Å². The van der Waals surface area contributed by atoms with E-state index in [1.807, 2.05) is 6.07 Å². The van der Waals surface area contributed by atoms with Gasteiger partial charge in [0.2, 0.25) is 0 Å². The molecule has 0 saturated carbocycles. The number of hydrogen-bond acceptors (Lipinski definition) is 3. The lowest BCUT2D eigenvalue weighted by molar-refractivity contribution is 0.343. The Morgan fingerprint density at radius 2 is 2.16 bits per heavy atom. The molecule has 2 nitrogen and oxygen atoms in total. The summed E-state index contributed by atoms with van der Waals surface area (Å²) in [7, 11) is 2.07. The fourth-order valence-electron chi connectivity index (χ4n) is 1.77. The minimum atomic E-state index is -0.202. The molecule has 1 heterocycles. The lowest BCUT2D eigenvalue weighted by Crippen LogP contribution is -2.24. The van der Waals surface area contributed by atoms with Gasteiger partial charge in [0.05, 0.1) is 5.69 Å². The van der Waals surface area contributed by atoms with E-state index >= 15 is 0 Å². The van der Waals surface area contributed by atoms with Crippen LogP contribution in [0.2, 0.25) is 0 Å². The van der Waals surface area contributed by atoms with Crippen LogP contribution in [0.5, 0.6) is 0 Å². The summed E-state index contributed by atoms with van der Waals surface area (Å²) in [5, 5.41) is 5.20. The second kappa shape index (κ2) is 7.03. The van der Waals surface area contributed by atoms with E-state index in [0.29, 0.717) is 5.69 Å². The molecule has 1 aromatic heterocycles. The normalized spacial score (nSPS) is 10.9. The highest BCUT2D eigenvalue weighted by Gasteiger charge is 2.04. The van der Waals surface area contributed by atoms with Crippen LogP contribution in [0, 0.1) is 5.82 Å². The quantitative estimate of drug-likeness (QED) is 0.846. The third-order valence-electron chi connectivity index (χ3n) is 2.73. The first kappa shape index (κ1) is 14.5. The number of benzene rings is 1. The van der Waals surface area contributed by atoms with Gasteiger partial charge in [-0.1, -0.05) is 12.1 Å². The average molecular weight is 343 g/mol. The molecule has 0 saturated heterocycles. The van der Waals surface area contributed by atoms with Crippen LogP contribution in [-0.2, 0) is 6.54 Å². The van der Waals surface area contributed by atoms with Crippen LogP contribution < -0.4 is 5.32 Å². The molecule has 0 aliphatic rings. The largest absolute Gasteiger partial charge is 0.381 e. The highest BCUT2D eigenvalue weighted by atomic mass is 79.9. The molecular formula is C14H16BrFN2S. The van der Waals surface area contributed by atoms with E-state index in [1.165, 1.54) is 10.9 Å². The zero-order valence-corrected chi connectivity index (χ0v) is 13.1. The van der Waals surface area contributed by atoms with Crippen LogP contribution >= 0.6 is 27.3 Å². The molecule has 0 atom stereocenters. The molecule has 0 spiro atoms. The number of hydrogen-bond donors (Lipinski definition) is 1. The highest BCUT2D eigenvalue weighted by molar-refractivity contribution is 9.10. The van der Waals surface area contributed by atoms with Gasteiger partial charge in [-0.3, -0.25) is 4.90 Å². The third kappa shape index (κ3) is 4.60. The second-order valence-electron chi connectivity index (χ2n) is 4.38. The first-order valence-corrected chi connectivity index (χ1v) is 7.72. The zero-order chi connectivity index (χ0) is 13.7. The number of nitrogens with one attached hydrogen (secondary N) is 1. The molecular weight excluding hydrogens is 327 g/mol. The Labute approximate surface area is 125 Å². The Morgan fingerprint density at radius 3 is 2.84 bits per heavy atom. The second-order valence-corrected chi connectivity index (χ2v) is 6.29. The summed E-state index contributed by atoms with van der Waals surface area (Å²) in [4.78, 5) is 3.53. The van der Waals surface area contributed by atoms with Crippen molar-refractivity contribution in [3.8, 4) is 0 Å². The molecule has 102 valence electrons. The molecule has 1 aromatic carbocycles. The summed E-state index contributed by atoms with van der Waals surface area (Å²) in [5.74, 6) is -0.202. The number of likely N-dealkylation sites (N-methyl/N-ethyl adjacent to an activating group) is 1. The van der Waals surface area contributed by atoms with Crippen LogP contribution in [0.15, 0.2) is 40.2 Å². The summed E-state index contributed by atoms with van der Waals surface area (Å²) in [5.41, 5.74) is 0.565. The van der Waals surface area contributed by atoms with Crippen molar-refractivity contribution in [2.75, 3.05) is 25.5 Å². The molecule has 0 bridgehead atoms. The van der Waals surface area contributed by atoms with E-state index in [2.05, 4.69) is 44.6 Å². The molecule has 0 fully saturated rings. The lowest BCUT2D eigenvalue weighted by atomic mass is 10.3. The van der Waals surface area contributed by atoms with Crippen molar-refractivity contribution in [3.05, 3.63) is 50.9 Å². The van der Waals surface area contributed by atoms with Gasteiger partial charge in [0.25, 0.3) is 0 Å². The molecule has 0 aliphatic heterocycles. The van der Waals surface area contributed by atoms with E-state index in [9.17, 15) is 4.39 Å². The van der Waals surface area contributed by atoms with Gasteiger partial charge in [-0.05, 0) is 41.2 Å². The molecule has 19 heavy (non-hydrogen) atoms. The molecule has 2 rings (SSSR count). The lowest BCUT2D eigenvalue weighted by Gasteiger charge is -2.16. The number of anilines is 1. The van der Waals surface area contributed by atoms with E-state index < -0.39 is 0 Å². The fourth-order valence-corrected chi connectivity index (χ4v) is 3.30. The van der Waals surface area contributed by atoms with E-state index in [0.717, 1.165) is 24.1 Å². The first-order chi connectivity index (χ1) is 9.15. The van der Waals surface area contributed by atoms with Gasteiger partial charge in [0.15, 0.2) is 0 Å². The number of nitrogens with zero attached hydrogens (tertiary/aromatic N) is 1. The Hall–Kier alpha value is -0.910. The summed E-state index contributed by atoms with van der Waals surface area (Å²) >= 11 is 5.19. The van der Waals surface area contributed by atoms with Gasteiger partial charge in [0, 0.05) is 34.4 Å². The molecule has 0 radical (unpaired) electrons. The van der Waals surface area contributed by atoms with Gasteiger partial charge >= 0.3 is 0 Å². The summed E-state index contributed by atoms with van der Waals surface area (Å²) in [6, 6.07) is 8.88. The third-order valence-corrected chi connectivity index (χ3v) is 4.41. The Bertz CT molecular complexity index is 530. The van der Waals surface area contributed by atoms with Crippen molar-refractivity contribution < 1.29 is 4.39 Å². The van der Waals surface area contributed by atoms with Crippen molar-refractivity contribution in [1.29, 1.82) is 0 Å². The number of rotatable bonds is 6. The predicted molar refractivity (Wildman–Crippen MR) is 83.2 cm³/mol. The van der Waals surface area contributed by atoms with Crippen LogP contribution in [-0.4, -0.2) is 25.0 Å². The van der Waals surface area contributed by atoms with Crippen LogP contribution in [0.3, 0.4) is 0 Å². The molecule has 1 N–H and O–H groups in total. The number of thiophene rings is 1. The monoisotopic (exact) mass is 342 g/mol. The molecule has 0 unspecified atom stereocenters. The predicted octanol–water partition coefficient (Wildman–Crippen LogP) is 4.19. The Morgan fingerprint density at radius 1 is 1.37 bits per heavy atom. The molecule has 5 heteroatoms. The average Bonchev–Trinajstić information content (AvgIpc) is 2.77. The number of para-hydroxylation sites is 1. The van der Waals surface area contributed by atoms with Crippen molar-refractivity contribution in [1.82, 2.24) is 4.90 Å². The Kier molecular flexibility index (Phi) is 5.36. The van der Waals surface area contributed by atoms with Gasteiger partial charge in [-0.15, -0.1) is 11.3 Å². The highest BCUT2D eigenvalue weighted by Crippen LogP contribution is 2.20. The smallest absolute Gasteiger partial charge is 0.146 e. The van der Waals surface area contributed by atoms with Gasteiger partial charge in [-0.2, -0.15) is 0 Å². The Balaban J connectivity index is 1.75. The maximum absolute atomic E-state index is 13.4. The maximum Gasteiger partial charge on any atom is 0.146 e. The molecule has 0 amide bonds. The molecule has 0 aliphatic carbocycles. The number of halogens is 2. The molecule has 2 aromatic rings. The van der Waals surface area contributed by atoms with Crippen molar-refractivity contribution in [2.24, 2.45) is 0 Å². The summed E-state index contributed by atoms with van der Waals surface area (Å²) < 4.78 is 14.5. The van der Waals surface area contributed by atoms with E-state index in [-0.39, 0.29) is 5.82 Å². The van der Waals surface area contributed by atoms with Crippen molar-refractivity contribution in [3.63, 3.8) is 0 Å². The van der Waals surface area contributed by atoms with Gasteiger partial charge in [0.1, 0.15) is 5.82 Å². The van der Waals surface area contributed by atoms with Crippen molar-refractivity contribution >= 4 is 33.0 Å². The summed E-state index contributed by atoms with van der Waals surface area (Å²) in [6.07, 6.45) is 0. The van der Waals surface area contributed by atoms with Crippen LogP contribution in [0.25, 0.3) is 0 Å². The minimum absolute atomic E-state index is 0.202. The van der Waals surface area contributed by atoms with E-state index in [1.54, 1.807) is 23.5 Å². The minimum Gasteiger partial charge on any atom is -0.381 e. The maximum atomic E-state index is 13.4. The van der Waals surface area contributed by atoms with Crippen LogP contribution in [0.4, 0.5) is 10.1 Å². The van der Waals surface area contributed by atoms with Crippen LogP contribution in [0.1, 0.15) is 4.88 Å². The van der Waals surface area contributed by atoms with Crippen molar-refractivity contribution in [2.45, 2.75) is 6.54 Å². The summed E-state index contributed by atoms with van der Waals surface area (Å²) in [6.45, 7) is 2.50. The topological polar surface area (TPSA) is 15.3 Å². The SMILES string of the molecule is CN(CCNc1ccccc1F)Cc1cc(Br)cs1. The van der Waals surface area contributed by atoms with Gasteiger partial charge in [-0.25, -0.2) is 4.39 Å². The zero-order valence-electron chi connectivity index (χ0n) is 10.7. The first-order valence-electron chi connectivity index (χ1n) is 6.05. The standard InChI is InChI=1S/C14H16BrFN2S/c1-18(9-12-8-11(15)10-19-12)7-6-17-14-5-3-2-4-13(14)16/h2-5,8,10,17H,6-7,9H2,1H3. The van der Waals surface area contributed by atoms with Gasteiger partial charge < -0.3 is 5.32 Å².